The predicted molar refractivity (Wildman–Crippen MR) is 242 cm³/mol. The fourth-order valence-electron chi connectivity index (χ4n) is 5.61. The summed E-state index contributed by atoms with van der Waals surface area (Å²) in [7, 11) is 1.42. The van der Waals surface area contributed by atoms with Gasteiger partial charge in [0.15, 0.2) is 6.10 Å². The lowest BCUT2D eigenvalue weighted by Crippen LogP contribution is -2.37. The van der Waals surface area contributed by atoms with Crippen LogP contribution in [-0.4, -0.2) is 74.9 Å². The van der Waals surface area contributed by atoms with Crippen LogP contribution in [0.3, 0.4) is 0 Å². The second-order valence-electron chi connectivity index (χ2n) is 15.8. The van der Waals surface area contributed by atoms with E-state index in [0.717, 1.165) is 64.2 Å². The van der Waals surface area contributed by atoms with Crippen molar-refractivity contribution in [2.45, 2.75) is 161 Å². The molecule has 0 fully saturated rings. The lowest BCUT2D eigenvalue weighted by atomic mass is 10.0. The molecule has 0 aromatic heterocycles. The van der Waals surface area contributed by atoms with Crippen LogP contribution >= 0.6 is 7.82 Å². The summed E-state index contributed by atoms with van der Waals surface area (Å²) in [4.78, 5) is 35.3. The monoisotopic (exact) mass is 833 g/mol. The predicted octanol–water partition coefficient (Wildman–Crippen LogP) is 12.8. The van der Waals surface area contributed by atoms with Gasteiger partial charge in [0.25, 0.3) is 0 Å². The normalized spacial score (nSPS) is 14.2. The number of phosphoric acid groups is 1. The Kier molecular flexibility index (Phi) is 37.7. The van der Waals surface area contributed by atoms with Crippen molar-refractivity contribution >= 4 is 19.8 Å². The van der Waals surface area contributed by atoms with Crippen LogP contribution in [-0.2, 0) is 32.7 Å². The van der Waals surface area contributed by atoms with Crippen LogP contribution in [0.5, 0.6) is 0 Å². The second kappa shape index (κ2) is 39.6. The number of likely N-dealkylation sites (N-methyl/N-ethyl adjacent to an activating group) is 1. The molecule has 0 rings (SSSR count). The van der Waals surface area contributed by atoms with Crippen LogP contribution in [0, 0.1) is 0 Å². The van der Waals surface area contributed by atoms with Crippen molar-refractivity contribution in [2.75, 3.05) is 47.5 Å². The van der Waals surface area contributed by atoms with E-state index in [1.165, 1.54) is 57.8 Å². The maximum Gasteiger partial charge on any atom is 0.472 e. The third-order valence-electron chi connectivity index (χ3n) is 9.07. The van der Waals surface area contributed by atoms with Crippen molar-refractivity contribution in [1.29, 1.82) is 0 Å². The molecule has 2 atom stereocenters. The maximum absolute atomic E-state index is 12.7. The van der Waals surface area contributed by atoms with Crippen molar-refractivity contribution < 1.29 is 42.1 Å². The molecule has 58 heavy (non-hydrogen) atoms. The highest BCUT2D eigenvalue weighted by Gasteiger charge is 2.27. The number of nitrogens with zero attached hydrogens (tertiary/aromatic N) is 1. The first-order chi connectivity index (χ1) is 28.0. The summed E-state index contributed by atoms with van der Waals surface area (Å²) in [5.74, 6) is -0.906. The number of esters is 2. The van der Waals surface area contributed by atoms with E-state index in [1.807, 2.05) is 39.4 Å². The molecule has 0 aliphatic rings. The van der Waals surface area contributed by atoms with Crippen molar-refractivity contribution in [3.8, 4) is 0 Å². The number of carbonyl (C=O) groups is 2. The summed E-state index contributed by atoms with van der Waals surface area (Å²) in [6, 6.07) is 0. The number of hydrogen-bond donors (Lipinski definition) is 1. The van der Waals surface area contributed by atoms with Gasteiger partial charge in [0.1, 0.15) is 19.8 Å². The second-order valence-corrected chi connectivity index (χ2v) is 17.2. The molecule has 0 aliphatic carbocycles. The van der Waals surface area contributed by atoms with Gasteiger partial charge in [-0.25, -0.2) is 4.57 Å². The molecular weight excluding hydrogens is 750 g/mol. The number of allylic oxidation sites excluding steroid dienone is 13. The fourth-order valence-corrected chi connectivity index (χ4v) is 6.35. The van der Waals surface area contributed by atoms with Crippen molar-refractivity contribution in [2.24, 2.45) is 0 Å². The van der Waals surface area contributed by atoms with Crippen LogP contribution in [0.4, 0.5) is 0 Å². The van der Waals surface area contributed by atoms with E-state index in [4.69, 9.17) is 18.5 Å². The Morgan fingerprint density at radius 3 is 1.50 bits per heavy atom. The van der Waals surface area contributed by atoms with Gasteiger partial charge in [0.05, 0.1) is 27.7 Å². The zero-order chi connectivity index (χ0) is 42.8. The Labute approximate surface area is 354 Å². The minimum atomic E-state index is -4.40. The molecule has 0 spiro atoms. The summed E-state index contributed by atoms with van der Waals surface area (Å²) in [5.41, 5.74) is 0. The zero-order valence-corrected chi connectivity index (χ0v) is 38.0. The number of phosphoric ester groups is 1. The highest BCUT2D eigenvalue weighted by Crippen LogP contribution is 2.43. The van der Waals surface area contributed by atoms with Crippen molar-refractivity contribution in [1.82, 2.24) is 0 Å². The van der Waals surface area contributed by atoms with E-state index in [0.29, 0.717) is 23.9 Å². The molecule has 0 aromatic carbocycles. The van der Waals surface area contributed by atoms with E-state index in [1.54, 1.807) is 0 Å². The summed E-state index contributed by atoms with van der Waals surface area (Å²) < 4.78 is 34.2. The van der Waals surface area contributed by atoms with E-state index >= 15 is 0 Å². The smallest absolute Gasteiger partial charge is 0.462 e. The van der Waals surface area contributed by atoms with Crippen molar-refractivity contribution in [3.05, 3.63) is 85.6 Å². The Balaban J connectivity index is 4.47. The average molecular weight is 833 g/mol. The molecule has 0 saturated heterocycles. The third kappa shape index (κ3) is 42.8. The minimum Gasteiger partial charge on any atom is -0.462 e. The van der Waals surface area contributed by atoms with Crippen LogP contribution in [0.25, 0.3) is 0 Å². The highest BCUT2D eigenvalue weighted by atomic mass is 31.2. The molecule has 0 aliphatic heterocycles. The van der Waals surface area contributed by atoms with Gasteiger partial charge in [-0.1, -0.05) is 157 Å². The first kappa shape index (κ1) is 55.2. The number of rotatable bonds is 40. The van der Waals surface area contributed by atoms with Gasteiger partial charge >= 0.3 is 19.8 Å². The fraction of sp³-hybridized carbons (Fsp3) is 0.667. The average Bonchev–Trinajstić information content (AvgIpc) is 3.17. The zero-order valence-electron chi connectivity index (χ0n) is 37.1. The molecule has 0 aromatic rings. The third-order valence-corrected chi connectivity index (χ3v) is 10.1. The van der Waals surface area contributed by atoms with Gasteiger partial charge in [-0.2, -0.15) is 0 Å². The maximum atomic E-state index is 12.7. The van der Waals surface area contributed by atoms with Gasteiger partial charge in [0, 0.05) is 12.8 Å². The van der Waals surface area contributed by atoms with Crippen LogP contribution in [0.15, 0.2) is 85.6 Å². The van der Waals surface area contributed by atoms with Gasteiger partial charge in [-0.05, 0) is 64.2 Å². The first-order valence-electron chi connectivity index (χ1n) is 22.3. The van der Waals surface area contributed by atoms with E-state index in [-0.39, 0.29) is 26.1 Å². The number of unbranched alkanes of at least 4 members (excludes halogenated alkanes) is 13. The van der Waals surface area contributed by atoms with Gasteiger partial charge in [-0.3, -0.25) is 18.6 Å². The molecule has 1 N–H and O–H groups in total. The van der Waals surface area contributed by atoms with Crippen molar-refractivity contribution in [3.63, 3.8) is 0 Å². The summed E-state index contributed by atoms with van der Waals surface area (Å²) >= 11 is 0. The van der Waals surface area contributed by atoms with Crippen LogP contribution in [0.1, 0.15) is 155 Å². The Morgan fingerprint density at radius 2 is 1.03 bits per heavy atom. The molecule has 332 valence electrons. The molecule has 1 unspecified atom stereocenters. The lowest BCUT2D eigenvalue weighted by Gasteiger charge is -2.24. The first-order valence-corrected chi connectivity index (χ1v) is 23.8. The molecular formula is C48H83NO8P+. The number of quaternary nitrogens is 1. The number of ether oxygens (including phenoxy) is 2. The molecule has 0 amide bonds. The number of carbonyl (C=O) groups excluding carboxylic acids is 2. The standard InChI is InChI=1S/C48H82NO8P/c1-6-8-10-12-14-16-18-20-22-23-24-25-27-28-30-32-34-36-38-40-47(50)54-44-46(45-56-58(52,53)55-43-42-49(3,4)5)57-48(51)41-39-37-35-33-31-29-26-21-19-17-15-13-11-9-7-2/h7-8,10,14,16,20,22,24-25,28,30,34,36,46H,2,6,9,11-13,15,17-19,21,23,26-27,29,31-33,35,37-45H2,1,3-5H3/p+1/b10-8+,16-14+,22-20+,25-24+,30-28+,36-34+/t46-/m1/s1. The van der Waals surface area contributed by atoms with Crippen LogP contribution in [0.2, 0.25) is 0 Å². The SMILES string of the molecule is C=CCCCCCCCCCCCCCCCC(=O)O[C@H](COC(=O)CC/C=C/C/C=C/C/C=C/C/C=C/C/C=C/C/C=C/CC)COP(=O)(O)OCC[N+](C)(C)C. The summed E-state index contributed by atoms with van der Waals surface area (Å²) in [5, 5.41) is 0. The van der Waals surface area contributed by atoms with Crippen LogP contribution < -0.4 is 0 Å². The lowest BCUT2D eigenvalue weighted by molar-refractivity contribution is -0.870. The van der Waals surface area contributed by atoms with E-state index in [2.05, 4.69) is 74.3 Å². The molecule has 0 bridgehead atoms. The molecule has 0 heterocycles. The Morgan fingerprint density at radius 1 is 0.586 bits per heavy atom. The summed E-state index contributed by atoms with van der Waals surface area (Å²) in [6.45, 7) is 5.73. The Hall–Kier alpha value is -2.81. The number of hydrogen-bond acceptors (Lipinski definition) is 7. The van der Waals surface area contributed by atoms with Gasteiger partial charge in [0.2, 0.25) is 0 Å². The largest absolute Gasteiger partial charge is 0.472 e. The molecule has 0 radical (unpaired) electrons. The Bertz CT molecular complexity index is 1250. The molecule has 9 nitrogen and oxygen atoms in total. The van der Waals surface area contributed by atoms with E-state index < -0.39 is 32.5 Å². The van der Waals surface area contributed by atoms with E-state index in [9.17, 15) is 19.0 Å². The molecule has 10 heteroatoms. The van der Waals surface area contributed by atoms with Gasteiger partial charge in [-0.15, -0.1) is 6.58 Å². The summed E-state index contributed by atoms with van der Waals surface area (Å²) in [6.07, 6.45) is 49.7. The minimum absolute atomic E-state index is 0.0159. The highest BCUT2D eigenvalue weighted by molar-refractivity contribution is 7.47. The topological polar surface area (TPSA) is 108 Å². The van der Waals surface area contributed by atoms with Gasteiger partial charge < -0.3 is 18.9 Å². The molecule has 0 saturated carbocycles. The quantitative estimate of drug-likeness (QED) is 0.0214.